The molecule has 1 aromatic rings. The standard InChI is InChI=1S/C22H32BrNO4Si/c1-8-13-22(20(26)27-5)14-16(28-29(6,7)21(2,3)4)15-24(22)19(25)17-11-9-10-12-18(17)23/h8-12,16H,1,13-15H2,2-7H3/t16-,22-/m1/s1. The lowest BCUT2D eigenvalue weighted by Gasteiger charge is -2.38. The molecule has 160 valence electrons. The lowest BCUT2D eigenvalue weighted by molar-refractivity contribution is -0.152. The largest absolute Gasteiger partial charge is 0.467 e. The van der Waals surface area contributed by atoms with Crippen molar-refractivity contribution in [2.24, 2.45) is 0 Å². The Labute approximate surface area is 183 Å². The molecule has 29 heavy (non-hydrogen) atoms. The van der Waals surface area contributed by atoms with Gasteiger partial charge >= 0.3 is 5.97 Å². The van der Waals surface area contributed by atoms with Crippen molar-refractivity contribution in [3.63, 3.8) is 0 Å². The molecule has 0 saturated carbocycles. The maximum atomic E-state index is 13.5. The Kier molecular flexibility index (Phi) is 7.18. The fourth-order valence-corrected chi connectivity index (χ4v) is 5.36. The van der Waals surface area contributed by atoms with E-state index in [1.165, 1.54) is 7.11 Å². The van der Waals surface area contributed by atoms with Gasteiger partial charge < -0.3 is 14.1 Å². The molecule has 0 bridgehead atoms. The molecule has 1 heterocycles. The van der Waals surface area contributed by atoms with Gasteiger partial charge in [-0.2, -0.15) is 0 Å². The van der Waals surface area contributed by atoms with E-state index >= 15 is 0 Å². The number of ether oxygens (including phenoxy) is 1. The minimum absolute atomic E-state index is 0.0270. The fraction of sp³-hybridized carbons (Fsp3) is 0.545. The van der Waals surface area contributed by atoms with Crippen LogP contribution >= 0.6 is 15.9 Å². The van der Waals surface area contributed by atoms with Gasteiger partial charge in [0.1, 0.15) is 5.54 Å². The van der Waals surface area contributed by atoms with Gasteiger partial charge in [0.25, 0.3) is 5.91 Å². The summed E-state index contributed by atoms with van der Waals surface area (Å²) in [6.45, 7) is 15.1. The summed E-state index contributed by atoms with van der Waals surface area (Å²) in [7, 11) is -0.723. The number of carbonyl (C=O) groups excluding carboxylic acids is 2. The van der Waals surface area contributed by atoms with Crippen molar-refractivity contribution in [1.29, 1.82) is 0 Å². The molecule has 0 N–H and O–H groups in total. The summed E-state index contributed by atoms with van der Waals surface area (Å²) in [5.74, 6) is -0.648. The zero-order chi connectivity index (χ0) is 22.0. The van der Waals surface area contributed by atoms with Gasteiger partial charge in [-0.3, -0.25) is 4.79 Å². The van der Waals surface area contributed by atoms with Crippen molar-refractivity contribution in [2.75, 3.05) is 13.7 Å². The Morgan fingerprint density at radius 2 is 1.97 bits per heavy atom. The first kappa shape index (κ1) is 23.8. The Morgan fingerprint density at radius 1 is 1.34 bits per heavy atom. The van der Waals surface area contributed by atoms with Crippen molar-refractivity contribution >= 4 is 36.1 Å². The van der Waals surface area contributed by atoms with Crippen LogP contribution in [0.25, 0.3) is 0 Å². The normalized spacial score (nSPS) is 22.4. The third-order valence-corrected chi connectivity index (χ3v) is 11.4. The number of hydrogen-bond donors (Lipinski definition) is 0. The van der Waals surface area contributed by atoms with Crippen LogP contribution in [0.4, 0.5) is 0 Å². The van der Waals surface area contributed by atoms with Crippen LogP contribution in [-0.2, 0) is 14.0 Å². The van der Waals surface area contributed by atoms with E-state index < -0.39 is 19.8 Å². The molecule has 0 unspecified atom stereocenters. The molecule has 1 fully saturated rings. The summed E-state index contributed by atoms with van der Waals surface area (Å²) in [6.07, 6.45) is 2.15. The van der Waals surface area contributed by atoms with Gasteiger partial charge in [-0.25, -0.2) is 4.79 Å². The zero-order valence-electron chi connectivity index (χ0n) is 18.3. The topological polar surface area (TPSA) is 55.8 Å². The molecule has 7 heteroatoms. The summed E-state index contributed by atoms with van der Waals surface area (Å²) in [5, 5.41) is 0.0270. The highest BCUT2D eigenvalue weighted by Gasteiger charge is 2.55. The Balaban J connectivity index is 2.47. The molecular formula is C22H32BrNO4Si. The number of rotatable bonds is 6. The van der Waals surface area contributed by atoms with E-state index in [-0.39, 0.29) is 17.0 Å². The zero-order valence-corrected chi connectivity index (χ0v) is 20.8. The monoisotopic (exact) mass is 481 g/mol. The van der Waals surface area contributed by atoms with Crippen molar-refractivity contribution in [3.05, 3.63) is 47.0 Å². The second kappa shape index (κ2) is 8.74. The predicted molar refractivity (Wildman–Crippen MR) is 121 cm³/mol. The Morgan fingerprint density at radius 3 is 2.48 bits per heavy atom. The minimum Gasteiger partial charge on any atom is -0.467 e. The van der Waals surface area contributed by atoms with Crippen LogP contribution in [0, 0.1) is 0 Å². The second-order valence-corrected chi connectivity index (χ2v) is 14.7. The van der Waals surface area contributed by atoms with E-state index in [0.717, 1.165) is 0 Å². The van der Waals surface area contributed by atoms with Gasteiger partial charge in [-0.1, -0.05) is 39.0 Å². The van der Waals surface area contributed by atoms with Gasteiger partial charge in [0.05, 0.1) is 18.8 Å². The highest BCUT2D eigenvalue weighted by Crippen LogP contribution is 2.42. The van der Waals surface area contributed by atoms with E-state index in [1.807, 2.05) is 18.2 Å². The number of benzene rings is 1. The summed E-state index contributed by atoms with van der Waals surface area (Å²) in [4.78, 5) is 28.1. The van der Waals surface area contributed by atoms with E-state index in [1.54, 1.807) is 17.0 Å². The first-order chi connectivity index (χ1) is 13.4. The summed E-state index contributed by atoms with van der Waals surface area (Å²) >= 11 is 3.46. The van der Waals surface area contributed by atoms with Gasteiger partial charge in [-0.15, -0.1) is 6.58 Å². The van der Waals surface area contributed by atoms with Gasteiger partial charge in [0, 0.05) is 17.4 Å². The van der Waals surface area contributed by atoms with Gasteiger partial charge in [-0.05, 0) is 52.6 Å². The van der Waals surface area contributed by atoms with Crippen LogP contribution in [0.1, 0.15) is 44.0 Å². The third-order valence-electron chi connectivity index (χ3n) is 6.13. The average molecular weight is 482 g/mol. The van der Waals surface area contributed by atoms with E-state index in [4.69, 9.17) is 9.16 Å². The maximum Gasteiger partial charge on any atom is 0.332 e. The fourth-order valence-electron chi connectivity index (χ4n) is 3.56. The number of amides is 1. The first-order valence-electron chi connectivity index (χ1n) is 9.83. The van der Waals surface area contributed by atoms with Crippen molar-refractivity contribution in [2.45, 2.75) is 63.4 Å². The average Bonchev–Trinajstić information content (AvgIpc) is 2.98. The number of halogens is 1. The summed E-state index contributed by atoms with van der Waals surface area (Å²) < 4.78 is 12.4. The van der Waals surface area contributed by atoms with Crippen molar-refractivity contribution < 1.29 is 18.8 Å². The van der Waals surface area contributed by atoms with Crippen molar-refractivity contribution in [3.8, 4) is 0 Å². The van der Waals surface area contributed by atoms with Crippen LogP contribution in [-0.4, -0.2) is 50.4 Å². The van der Waals surface area contributed by atoms with Crippen LogP contribution in [0.5, 0.6) is 0 Å². The molecule has 1 aromatic carbocycles. The van der Waals surface area contributed by atoms with Crippen LogP contribution in [0.3, 0.4) is 0 Å². The molecule has 1 aliphatic heterocycles. The molecule has 1 amide bonds. The molecule has 0 aromatic heterocycles. The molecule has 1 saturated heterocycles. The number of hydrogen-bond acceptors (Lipinski definition) is 4. The quantitative estimate of drug-likeness (QED) is 0.319. The third kappa shape index (κ3) is 4.67. The molecule has 0 radical (unpaired) electrons. The Hall–Kier alpha value is -1.44. The van der Waals surface area contributed by atoms with Crippen LogP contribution < -0.4 is 0 Å². The van der Waals surface area contributed by atoms with Crippen LogP contribution in [0.15, 0.2) is 41.4 Å². The maximum absolute atomic E-state index is 13.5. The molecule has 5 nitrogen and oxygen atoms in total. The summed E-state index contributed by atoms with van der Waals surface area (Å²) in [6, 6.07) is 7.24. The number of esters is 1. The number of nitrogens with zero attached hydrogens (tertiary/aromatic N) is 1. The first-order valence-corrected chi connectivity index (χ1v) is 13.5. The highest BCUT2D eigenvalue weighted by molar-refractivity contribution is 9.10. The van der Waals surface area contributed by atoms with Crippen LogP contribution in [0.2, 0.25) is 18.1 Å². The molecular weight excluding hydrogens is 450 g/mol. The Bertz CT molecular complexity index is 789. The van der Waals surface area contributed by atoms with E-state index in [2.05, 4.69) is 56.4 Å². The van der Waals surface area contributed by atoms with Gasteiger partial charge in [0.15, 0.2) is 8.32 Å². The number of carbonyl (C=O) groups is 2. The number of methoxy groups -OCH3 is 1. The molecule has 2 rings (SSSR count). The molecule has 1 aliphatic rings. The number of likely N-dealkylation sites (tertiary alicyclic amines) is 1. The van der Waals surface area contributed by atoms with Crippen molar-refractivity contribution in [1.82, 2.24) is 4.90 Å². The lowest BCUT2D eigenvalue weighted by atomic mass is 9.90. The highest BCUT2D eigenvalue weighted by atomic mass is 79.9. The second-order valence-electron chi connectivity index (χ2n) is 9.12. The SMILES string of the molecule is C=CC[C@]1(C(=O)OC)C[C@@H](O[Si](C)(C)C(C)(C)C)CN1C(=O)c1ccccc1Br. The van der Waals surface area contributed by atoms with E-state index in [9.17, 15) is 9.59 Å². The van der Waals surface area contributed by atoms with Gasteiger partial charge in [0.2, 0.25) is 0 Å². The molecule has 0 aliphatic carbocycles. The summed E-state index contributed by atoms with van der Waals surface area (Å²) in [5.41, 5.74) is -0.603. The minimum atomic E-state index is -2.08. The molecule has 2 atom stereocenters. The van der Waals surface area contributed by atoms with E-state index in [0.29, 0.717) is 29.4 Å². The molecule has 0 spiro atoms. The lowest BCUT2D eigenvalue weighted by Crippen LogP contribution is -2.53. The predicted octanol–water partition coefficient (Wildman–Crippen LogP) is 5.17. The smallest absolute Gasteiger partial charge is 0.332 e.